The van der Waals surface area contributed by atoms with Crippen LogP contribution < -0.4 is 10.4 Å². The summed E-state index contributed by atoms with van der Waals surface area (Å²) >= 11 is 0. The molecule has 0 heterocycles. The average Bonchev–Trinajstić information content (AvgIpc) is 2.64. The highest BCUT2D eigenvalue weighted by Gasteiger charge is 2.31. The lowest BCUT2D eigenvalue weighted by molar-refractivity contribution is -0.137. The molecule has 1 N–H and O–H groups in total. The number of anilines is 1. The van der Waals surface area contributed by atoms with Crippen molar-refractivity contribution in [2.75, 3.05) is 5.01 Å². The molecule has 0 aliphatic heterocycles. The number of hydrogen-bond donors (Lipinski definition) is 1. The maximum absolute atomic E-state index is 12.9. The number of halogens is 3. The summed E-state index contributed by atoms with van der Waals surface area (Å²) in [6.45, 7) is 1.46. The van der Waals surface area contributed by atoms with Gasteiger partial charge in [-0.05, 0) is 23.8 Å². The second kappa shape index (κ2) is 8.37. The molecule has 0 saturated heterocycles. The summed E-state index contributed by atoms with van der Waals surface area (Å²) < 4.78 is 43.8. The summed E-state index contributed by atoms with van der Waals surface area (Å²) in [6, 6.07) is 12.8. The van der Waals surface area contributed by atoms with Gasteiger partial charge in [0, 0.05) is 6.42 Å². The Morgan fingerprint density at radius 3 is 2.38 bits per heavy atom. The van der Waals surface area contributed by atoms with Gasteiger partial charge in [0.1, 0.15) is 6.61 Å². The molecule has 0 spiro atoms. The van der Waals surface area contributed by atoms with E-state index in [0.717, 1.165) is 18.2 Å². The zero-order valence-electron chi connectivity index (χ0n) is 13.9. The largest absolute Gasteiger partial charge is 0.443 e. The Kier molecular flexibility index (Phi) is 6.21. The van der Waals surface area contributed by atoms with Crippen molar-refractivity contribution in [2.24, 2.45) is 0 Å². The molecule has 0 unspecified atom stereocenters. The second-order valence-electron chi connectivity index (χ2n) is 5.31. The molecule has 0 bridgehead atoms. The van der Waals surface area contributed by atoms with Crippen LogP contribution in [0.1, 0.15) is 24.5 Å². The molecule has 0 fully saturated rings. The van der Waals surface area contributed by atoms with Crippen LogP contribution >= 0.6 is 0 Å². The number of nitrogens with zero attached hydrogens (tertiary/aromatic N) is 1. The van der Waals surface area contributed by atoms with Crippen LogP contribution in [0, 0.1) is 0 Å². The van der Waals surface area contributed by atoms with E-state index in [1.807, 2.05) is 0 Å². The summed E-state index contributed by atoms with van der Waals surface area (Å²) in [7, 11) is 0. The summed E-state index contributed by atoms with van der Waals surface area (Å²) in [5.41, 5.74) is 1.85. The van der Waals surface area contributed by atoms with Crippen LogP contribution in [0.3, 0.4) is 0 Å². The number of benzene rings is 2. The first-order chi connectivity index (χ1) is 12.3. The van der Waals surface area contributed by atoms with Crippen molar-refractivity contribution in [1.29, 1.82) is 0 Å². The van der Waals surface area contributed by atoms with Crippen molar-refractivity contribution < 1.29 is 27.5 Å². The van der Waals surface area contributed by atoms with Gasteiger partial charge in [-0.15, -0.1) is 0 Å². The Morgan fingerprint density at radius 2 is 1.77 bits per heavy atom. The molecule has 2 aromatic rings. The van der Waals surface area contributed by atoms with E-state index in [1.54, 1.807) is 37.3 Å². The van der Waals surface area contributed by atoms with Crippen LogP contribution in [0.4, 0.5) is 23.7 Å². The maximum Gasteiger partial charge on any atom is 0.433 e. The van der Waals surface area contributed by atoms with Crippen molar-refractivity contribution in [2.45, 2.75) is 26.1 Å². The van der Waals surface area contributed by atoms with E-state index >= 15 is 0 Å². The number of rotatable bonds is 4. The Balaban J connectivity index is 2.22. The number of carbonyl (C=O) groups is 2. The second-order valence-corrected chi connectivity index (χ2v) is 5.31. The van der Waals surface area contributed by atoms with Gasteiger partial charge in [0.05, 0.1) is 11.3 Å². The topological polar surface area (TPSA) is 58.6 Å². The van der Waals surface area contributed by atoms with Gasteiger partial charge >= 0.3 is 12.3 Å². The highest BCUT2D eigenvalue weighted by molar-refractivity contribution is 5.92. The third-order valence-electron chi connectivity index (χ3n) is 3.38. The van der Waals surface area contributed by atoms with Gasteiger partial charge in [0.15, 0.2) is 0 Å². The first-order valence-electron chi connectivity index (χ1n) is 7.79. The van der Waals surface area contributed by atoms with E-state index < -0.39 is 23.7 Å². The van der Waals surface area contributed by atoms with E-state index in [0.29, 0.717) is 10.6 Å². The SMILES string of the molecule is CCC(=O)NN(C(=O)OCc1ccccc1)c1cccc(C(F)(F)F)c1. The van der Waals surface area contributed by atoms with Gasteiger partial charge in [0.2, 0.25) is 5.91 Å². The Bertz CT molecular complexity index is 764. The standard InChI is InChI=1S/C18H17F3N2O3/c1-2-16(24)22-23(15-10-6-9-14(11-15)18(19,20)21)17(25)26-12-13-7-4-3-5-8-13/h3-11H,2,12H2,1H3,(H,22,24). The van der Waals surface area contributed by atoms with Crippen LogP contribution in [-0.2, 0) is 22.3 Å². The predicted octanol–water partition coefficient (Wildman–Crippen LogP) is 4.29. The maximum atomic E-state index is 12.9. The fraction of sp³-hybridized carbons (Fsp3) is 0.222. The normalized spacial score (nSPS) is 10.9. The van der Waals surface area contributed by atoms with Gasteiger partial charge in [-0.3, -0.25) is 10.2 Å². The lowest BCUT2D eigenvalue weighted by Crippen LogP contribution is -2.46. The first-order valence-corrected chi connectivity index (χ1v) is 7.79. The molecule has 0 radical (unpaired) electrons. The highest BCUT2D eigenvalue weighted by Crippen LogP contribution is 2.31. The molecule has 2 amide bonds. The predicted molar refractivity (Wildman–Crippen MR) is 89.0 cm³/mol. The number of ether oxygens (including phenoxy) is 1. The number of nitrogens with one attached hydrogen (secondary N) is 1. The molecular weight excluding hydrogens is 349 g/mol. The number of carbonyl (C=O) groups excluding carboxylic acids is 2. The third-order valence-corrected chi connectivity index (χ3v) is 3.38. The van der Waals surface area contributed by atoms with Gasteiger partial charge in [-0.25, -0.2) is 4.79 Å². The molecule has 0 saturated carbocycles. The van der Waals surface area contributed by atoms with Gasteiger partial charge < -0.3 is 4.74 Å². The van der Waals surface area contributed by atoms with Gasteiger partial charge in [-0.2, -0.15) is 18.2 Å². The minimum Gasteiger partial charge on any atom is -0.443 e. The third kappa shape index (κ3) is 5.23. The van der Waals surface area contributed by atoms with Crippen LogP contribution in [0.5, 0.6) is 0 Å². The monoisotopic (exact) mass is 366 g/mol. The quantitative estimate of drug-likeness (QED) is 0.822. The number of hydrazine groups is 1. The van der Waals surface area contributed by atoms with E-state index in [1.165, 1.54) is 6.07 Å². The molecule has 26 heavy (non-hydrogen) atoms. The zero-order chi connectivity index (χ0) is 19.2. The van der Waals surface area contributed by atoms with Crippen LogP contribution in [0.2, 0.25) is 0 Å². The van der Waals surface area contributed by atoms with Gasteiger partial charge in [0.25, 0.3) is 0 Å². The Hall–Kier alpha value is -3.03. The average molecular weight is 366 g/mol. The van der Waals surface area contributed by atoms with Crippen molar-refractivity contribution in [3.63, 3.8) is 0 Å². The molecule has 0 aliphatic carbocycles. The van der Waals surface area contributed by atoms with Crippen molar-refractivity contribution in [1.82, 2.24) is 5.43 Å². The molecule has 0 aliphatic rings. The lowest BCUT2D eigenvalue weighted by Gasteiger charge is -2.23. The van der Waals surface area contributed by atoms with E-state index in [4.69, 9.17) is 4.74 Å². The molecule has 2 aromatic carbocycles. The molecule has 8 heteroatoms. The Labute approximate surface area is 148 Å². The van der Waals surface area contributed by atoms with Crippen LogP contribution in [0.25, 0.3) is 0 Å². The molecule has 0 atom stereocenters. The molecule has 2 rings (SSSR count). The first kappa shape index (κ1) is 19.3. The minimum atomic E-state index is -4.58. The number of hydrogen-bond acceptors (Lipinski definition) is 3. The summed E-state index contributed by atoms with van der Waals surface area (Å²) in [6.07, 6.45) is -5.53. The van der Waals surface area contributed by atoms with Crippen molar-refractivity contribution in [3.05, 3.63) is 65.7 Å². The smallest absolute Gasteiger partial charge is 0.433 e. The highest BCUT2D eigenvalue weighted by atomic mass is 19.4. The van der Waals surface area contributed by atoms with Crippen LogP contribution in [0.15, 0.2) is 54.6 Å². The minimum absolute atomic E-state index is 0.0431. The zero-order valence-corrected chi connectivity index (χ0v) is 13.9. The number of amides is 2. The Morgan fingerprint density at radius 1 is 1.08 bits per heavy atom. The molecule has 5 nitrogen and oxygen atoms in total. The van der Waals surface area contributed by atoms with Crippen molar-refractivity contribution >= 4 is 17.7 Å². The summed E-state index contributed by atoms with van der Waals surface area (Å²) in [4.78, 5) is 24.0. The fourth-order valence-electron chi connectivity index (χ4n) is 2.02. The van der Waals surface area contributed by atoms with Crippen LogP contribution in [-0.4, -0.2) is 12.0 Å². The molecule has 138 valence electrons. The van der Waals surface area contributed by atoms with E-state index in [9.17, 15) is 22.8 Å². The number of alkyl halides is 3. The molecule has 0 aromatic heterocycles. The van der Waals surface area contributed by atoms with Gasteiger partial charge in [-0.1, -0.05) is 43.3 Å². The molecular formula is C18H17F3N2O3. The summed E-state index contributed by atoms with van der Waals surface area (Å²) in [5.74, 6) is -0.543. The fourth-order valence-corrected chi connectivity index (χ4v) is 2.02. The lowest BCUT2D eigenvalue weighted by atomic mass is 10.2. The summed E-state index contributed by atoms with van der Waals surface area (Å²) in [5, 5.41) is 0.671. The van der Waals surface area contributed by atoms with E-state index in [-0.39, 0.29) is 18.7 Å². The van der Waals surface area contributed by atoms with E-state index in [2.05, 4.69) is 5.43 Å². The van der Waals surface area contributed by atoms with Crippen molar-refractivity contribution in [3.8, 4) is 0 Å².